The number of hydrogen-bond donors (Lipinski definition) is 1. The standard InChI is InChI=1S/C17H21NO3/c1-19-15-5-3-4-13(10-15)12-21-17-11-16(20-2)7-6-14(17)8-9-18/h3-7,10-11H,8-9,12,18H2,1-2H3. The van der Waals surface area contributed by atoms with Crippen LogP contribution in [0.4, 0.5) is 0 Å². The van der Waals surface area contributed by atoms with Crippen LogP contribution in [0.3, 0.4) is 0 Å². The first-order valence-corrected chi connectivity index (χ1v) is 6.89. The van der Waals surface area contributed by atoms with Crippen molar-refractivity contribution in [3.05, 3.63) is 53.6 Å². The molecule has 0 aliphatic carbocycles. The predicted molar refractivity (Wildman–Crippen MR) is 83.1 cm³/mol. The fourth-order valence-corrected chi connectivity index (χ4v) is 2.08. The predicted octanol–water partition coefficient (Wildman–Crippen LogP) is 2.78. The van der Waals surface area contributed by atoms with Gasteiger partial charge in [-0.25, -0.2) is 0 Å². The second-order valence-corrected chi connectivity index (χ2v) is 4.65. The molecule has 0 unspecified atom stereocenters. The summed E-state index contributed by atoms with van der Waals surface area (Å²) in [6.07, 6.45) is 0.775. The normalized spacial score (nSPS) is 10.2. The van der Waals surface area contributed by atoms with Crippen LogP contribution in [0.1, 0.15) is 11.1 Å². The molecule has 0 aromatic heterocycles. The third-order valence-electron chi connectivity index (χ3n) is 3.22. The van der Waals surface area contributed by atoms with Gasteiger partial charge in [0.05, 0.1) is 14.2 Å². The summed E-state index contributed by atoms with van der Waals surface area (Å²) in [5, 5.41) is 0. The van der Waals surface area contributed by atoms with E-state index in [-0.39, 0.29) is 0 Å². The summed E-state index contributed by atoms with van der Waals surface area (Å²) >= 11 is 0. The molecular weight excluding hydrogens is 266 g/mol. The third kappa shape index (κ3) is 4.13. The molecule has 4 nitrogen and oxygen atoms in total. The Morgan fingerprint density at radius 1 is 0.952 bits per heavy atom. The van der Waals surface area contributed by atoms with E-state index in [4.69, 9.17) is 19.9 Å². The molecule has 2 N–H and O–H groups in total. The van der Waals surface area contributed by atoms with Gasteiger partial charge in [0.1, 0.15) is 23.9 Å². The average Bonchev–Trinajstić information content (AvgIpc) is 2.54. The molecule has 21 heavy (non-hydrogen) atoms. The van der Waals surface area contributed by atoms with Gasteiger partial charge in [-0.1, -0.05) is 18.2 Å². The van der Waals surface area contributed by atoms with E-state index in [9.17, 15) is 0 Å². The summed E-state index contributed by atoms with van der Waals surface area (Å²) in [6.45, 7) is 1.06. The molecule has 0 saturated heterocycles. The Balaban J connectivity index is 2.13. The minimum absolute atomic E-state index is 0.474. The van der Waals surface area contributed by atoms with Crippen LogP contribution in [0.2, 0.25) is 0 Å². The highest BCUT2D eigenvalue weighted by Gasteiger charge is 2.06. The minimum atomic E-state index is 0.474. The summed E-state index contributed by atoms with van der Waals surface area (Å²) in [7, 11) is 3.30. The van der Waals surface area contributed by atoms with Crippen LogP contribution < -0.4 is 19.9 Å². The van der Waals surface area contributed by atoms with Crippen LogP contribution in [0, 0.1) is 0 Å². The monoisotopic (exact) mass is 287 g/mol. The van der Waals surface area contributed by atoms with Gasteiger partial charge in [-0.15, -0.1) is 0 Å². The maximum absolute atomic E-state index is 5.93. The zero-order valence-electron chi connectivity index (χ0n) is 12.5. The smallest absolute Gasteiger partial charge is 0.126 e. The molecule has 4 heteroatoms. The quantitative estimate of drug-likeness (QED) is 0.851. The van der Waals surface area contributed by atoms with E-state index in [0.717, 1.165) is 34.8 Å². The van der Waals surface area contributed by atoms with E-state index < -0.39 is 0 Å². The van der Waals surface area contributed by atoms with E-state index in [1.165, 1.54) is 0 Å². The highest BCUT2D eigenvalue weighted by atomic mass is 16.5. The molecule has 0 fully saturated rings. The van der Waals surface area contributed by atoms with Crippen molar-refractivity contribution in [3.8, 4) is 17.2 Å². The fourth-order valence-electron chi connectivity index (χ4n) is 2.08. The Morgan fingerprint density at radius 3 is 2.43 bits per heavy atom. The van der Waals surface area contributed by atoms with Gasteiger partial charge in [-0.05, 0) is 42.3 Å². The van der Waals surface area contributed by atoms with E-state index in [1.807, 2.05) is 42.5 Å². The van der Waals surface area contributed by atoms with E-state index in [1.54, 1.807) is 14.2 Å². The van der Waals surface area contributed by atoms with Gasteiger partial charge in [0.15, 0.2) is 0 Å². The van der Waals surface area contributed by atoms with Crippen LogP contribution >= 0.6 is 0 Å². The second-order valence-electron chi connectivity index (χ2n) is 4.65. The number of rotatable bonds is 7. The van der Waals surface area contributed by atoms with Crippen molar-refractivity contribution in [1.82, 2.24) is 0 Å². The van der Waals surface area contributed by atoms with E-state index >= 15 is 0 Å². The number of hydrogen-bond acceptors (Lipinski definition) is 4. The van der Waals surface area contributed by atoms with Gasteiger partial charge in [-0.2, -0.15) is 0 Å². The molecule has 2 aromatic rings. The molecule has 2 aromatic carbocycles. The van der Waals surface area contributed by atoms with Gasteiger partial charge < -0.3 is 19.9 Å². The maximum atomic E-state index is 5.93. The first-order chi connectivity index (χ1) is 10.3. The Labute approximate surface area is 125 Å². The first-order valence-electron chi connectivity index (χ1n) is 6.89. The molecule has 2 rings (SSSR count). The Morgan fingerprint density at radius 2 is 1.71 bits per heavy atom. The molecule has 112 valence electrons. The zero-order valence-corrected chi connectivity index (χ0v) is 12.5. The fraction of sp³-hybridized carbons (Fsp3) is 0.294. The van der Waals surface area contributed by atoms with Gasteiger partial charge in [0.25, 0.3) is 0 Å². The molecule has 0 radical (unpaired) electrons. The molecule has 0 heterocycles. The molecule has 0 atom stereocenters. The largest absolute Gasteiger partial charge is 0.497 e. The van der Waals surface area contributed by atoms with E-state index in [0.29, 0.717) is 13.2 Å². The van der Waals surface area contributed by atoms with E-state index in [2.05, 4.69) is 0 Å². The van der Waals surface area contributed by atoms with Crippen molar-refractivity contribution >= 4 is 0 Å². The zero-order chi connectivity index (χ0) is 15.1. The van der Waals surface area contributed by atoms with Crippen LogP contribution in [-0.4, -0.2) is 20.8 Å². The van der Waals surface area contributed by atoms with Crippen molar-refractivity contribution in [2.45, 2.75) is 13.0 Å². The first kappa shape index (κ1) is 15.2. The Bertz CT molecular complexity index is 584. The molecule has 0 spiro atoms. The molecule has 0 saturated carbocycles. The van der Waals surface area contributed by atoms with Crippen molar-refractivity contribution in [2.75, 3.05) is 20.8 Å². The minimum Gasteiger partial charge on any atom is -0.497 e. The SMILES string of the molecule is COc1cccc(COc2cc(OC)ccc2CCN)c1. The highest BCUT2D eigenvalue weighted by Crippen LogP contribution is 2.26. The molecule has 0 amide bonds. The summed E-state index contributed by atoms with van der Waals surface area (Å²) in [5.41, 5.74) is 7.78. The van der Waals surface area contributed by atoms with Crippen LogP contribution in [0.5, 0.6) is 17.2 Å². The van der Waals surface area contributed by atoms with Crippen molar-refractivity contribution in [3.63, 3.8) is 0 Å². The molecule has 0 bridgehead atoms. The van der Waals surface area contributed by atoms with Crippen molar-refractivity contribution < 1.29 is 14.2 Å². The molecule has 0 aliphatic heterocycles. The number of benzene rings is 2. The summed E-state index contributed by atoms with van der Waals surface area (Å²) in [6, 6.07) is 13.6. The lowest BCUT2D eigenvalue weighted by molar-refractivity contribution is 0.299. The maximum Gasteiger partial charge on any atom is 0.126 e. The number of ether oxygens (including phenoxy) is 3. The molecule has 0 aliphatic rings. The Kier molecular flexibility index (Phi) is 5.46. The summed E-state index contributed by atoms with van der Waals surface area (Å²) < 4.78 is 16.4. The molecular formula is C17H21NO3. The summed E-state index contributed by atoms with van der Waals surface area (Å²) in [4.78, 5) is 0. The topological polar surface area (TPSA) is 53.7 Å². The second kappa shape index (κ2) is 7.55. The van der Waals surface area contributed by atoms with Crippen LogP contribution in [-0.2, 0) is 13.0 Å². The van der Waals surface area contributed by atoms with Crippen LogP contribution in [0.25, 0.3) is 0 Å². The van der Waals surface area contributed by atoms with Gasteiger partial charge in [-0.3, -0.25) is 0 Å². The average molecular weight is 287 g/mol. The lowest BCUT2D eigenvalue weighted by Crippen LogP contribution is -2.06. The Hall–Kier alpha value is -2.20. The highest BCUT2D eigenvalue weighted by molar-refractivity contribution is 5.41. The van der Waals surface area contributed by atoms with Crippen molar-refractivity contribution in [2.24, 2.45) is 5.73 Å². The third-order valence-corrected chi connectivity index (χ3v) is 3.22. The lowest BCUT2D eigenvalue weighted by atomic mass is 10.1. The van der Waals surface area contributed by atoms with Gasteiger partial charge in [0.2, 0.25) is 0 Å². The van der Waals surface area contributed by atoms with Crippen LogP contribution in [0.15, 0.2) is 42.5 Å². The number of nitrogens with two attached hydrogens (primary N) is 1. The summed E-state index contributed by atoms with van der Waals surface area (Å²) in [5.74, 6) is 2.41. The van der Waals surface area contributed by atoms with Gasteiger partial charge in [0, 0.05) is 6.07 Å². The number of methoxy groups -OCH3 is 2. The van der Waals surface area contributed by atoms with Gasteiger partial charge >= 0.3 is 0 Å². The lowest BCUT2D eigenvalue weighted by Gasteiger charge is -2.13. The van der Waals surface area contributed by atoms with Crippen molar-refractivity contribution in [1.29, 1.82) is 0 Å².